The third-order valence-corrected chi connectivity index (χ3v) is 9.31. The molecule has 9 heteroatoms. The molecule has 3 atom stereocenters. The minimum Gasteiger partial charge on any atom is -0.376 e. The number of ether oxygens (including phenoxy) is 1. The molecular weight excluding hydrogens is 483 g/mol. The molecule has 2 saturated carbocycles. The predicted molar refractivity (Wildman–Crippen MR) is 130 cm³/mol. The standard InChI is InChI=1S/C28H34F3N3O3/c1-16-4-7-22(25(35)32-16)34-14-20-19(26(34)36)6-5-17(24(20)29)13-23-21(3-2-12-37-23)33-18-8-10-27(11-9-18)15-28(27,30)31/h5-6,18,21-23,33H,1-4,7-15H2,(H,32,35)/t18-,21-,22?,23+,27-/m0/s1. The SMILES string of the molecule is C=C1CCC(N2Cc3c(ccc(C[C@H]4OCCC[C@@H]4N[C@H]4CC[C@]5(CC4)CC5(F)F)c3F)C2=O)C(=O)N1. The average molecular weight is 518 g/mol. The second-order valence-electron chi connectivity index (χ2n) is 11.6. The molecule has 1 aromatic carbocycles. The predicted octanol–water partition coefficient (Wildman–Crippen LogP) is 4.22. The number of halogens is 3. The van der Waals surface area contributed by atoms with Gasteiger partial charge in [-0.1, -0.05) is 12.6 Å². The number of allylic oxidation sites excluding steroid dienone is 1. The molecule has 6 nitrogen and oxygen atoms in total. The zero-order chi connectivity index (χ0) is 25.9. The maximum absolute atomic E-state index is 15.7. The number of nitrogens with one attached hydrogen (secondary N) is 2. The van der Waals surface area contributed by atoms with Gasteiger partial charge in [0.15, 0.2) is 0 Å². The van der Waals surface area contributed by atoms with E-state index >= 15 is 4.39 Å². The minimum atomic E-state index is -2.49. The van der Waals surface area contributed by atoms with E-state index in [0.29, 0.717) is 61.1 Å². The first-order valence-corrected chi connectivity index (χ1v) is 13.5. The number of hydrogen-bond donors (Lipinski definition) is 2. The second kappa shape index (κ2) is 9.12. The van der Waals surface area contributed by atoms with Gasteiger partial charge in [0.05, 0.1) is 12.6 Å². The molecule has 1 spiro atoms. The van der Waals surface area contributed by atoms with Gasteiger partial charge in [0.1, 0.15) is 11.9 Å². The maximum atomic E-state index is 15.7. The van der Waals surface area contributed by atoms with Gasteiger partial charge in [-0.3, -0.25) is 9.59 Å². The summed E-state index contributed by atoms with van der Waals surface area (Å²) in [4.78, 5) is 26.9. The summed E-state index contributed by atoms with van der Waals surface area (Å²) in [5.41, 5.74) is 1.01. The van der Waals surface area contributed by atoms with Gasteiger partial charge in [-0.25, -0.2) is 13.2 Å². The maximum Gasteiger partial charge on any atom is 0.255 e. The van der Waals surface area contributed by atoms with E-state index in [1.165, 1.54) is 4.90 Å². The normalized spacial score (nSPS) is 35.0. The van der Waals surface area contributed by atoms with Gasteiger partial charge < -0.3 is 20.3 Å². The second-order valence-corrected chi connectivity index (χ2v) is 11.6. The van der Waals surface area contributed by atoms with Crippen molar-refractivity contribution in [1.82, 2.24) is 15.5 Å². The van der Waals surface area contributed by atoms with E-state index in [1.807, 2.05) is 0 Å². The molecule has 2 amide bonds. The third-order valence-electron chi connectivity index (χ3n) is 9.31. The number of hydrogen-bond acceptors (Lipinski definition) is 4. The Morgan fingerprint density at radius 1 is 1.16 bits per heavy atom. The fourth-order valence-electron chi connectivity index (χ4n) is 6.90. The molecule has 0 bridgehead atoms. The Morgan fingerprint density at radius 3 is 2.62 bits per heavy atom. The number of fused-ring (bicyclic) bond motifs is 1. The van der Waals surface area contributed by atoms with Crippen molar-refractivity contribution in [3.63, 3.8) is 0 Å². The van der Waals surface area contributed by atoms with Crippen LogP contribution >= 0.6 is 0 Å². The smallest absolute Gasteiger partial charge is 0.255 e. The van der Waals surface area contributed by atoms with E-state index in [0.717, 1.165) is 25.7 Å². The first-order valence-electron chi connectivity index (χ1n) is 13.5. The molecule has 0 radical (unpaired) electrons. The fourth-order valence-corrected chi connectivity index (χ4v) is 6.90. The fraction of sp³-hybridized carbons (Fsp3) is 0.643. The van der Waals surface area contributed by atoms with E-state index in [9.17, 15) is 18.4 Å². The van der Waals surface area contributed by atoms with Gasteiger partial charge in [-0.15, -0.1) is 0 Å². The molecule has 5 aliphatic rings. The number of amides is 2. The van der Waals surface area contributed by atoms with E-state index in [1.54, 1.807) is 12.1 Å². The van der Waals surface area contributed by atoms with Crippen molar-refractivity contribution >= 4 is 11.8 Å². The van der Waals surface area contributed by atoms with Crippen molar-refractivity contribution in [2.75, 3.05) is 6.61 Å². The summed E-state index contributed by atoms with van der Waals surface area (Å²) in [7, 11) is 0. The van der Waals surface area contributed by atoms with Gasteiger partial charge in [-0.2, -0.15) is 0 Å². The molecule has 37 heavy (non-hydrogen) atoms. The van der Waals surface area contributed by atoms with E-state index in [4.69, 9.17) is 4.74 Å². The number of piperidine rings is 1. The molecule has 2 N–H and O–H groups in total. The number of carbonyl (C=O) groups is 2. The lowest BCUT2D eigenvalue weighted by molar-refractivity contribution is -0.126. The largest absolute Gasteiger partial charge is 0.376 e. The molecule has 3 aliphatic heterocycles. The highest BCUT2D eigenvalue weighted by molar-refractivity contribution is 6.01. The van der Waals surface area contributed by atoms with Crippen LogP contribution in [0.1, 0.15) is 79.3 Å². The van der Waals surface area contributed by atoms with E-state index < -0.39 is 23.2 Å². The van der Waals surface area contributed by atoms with Gasteiger partial charge in [-0.05, 0) is 63.0 Å². The summed E-state index contributed by atoms with van der Waals surface area (Å²) in [5, 5.41) is 6.35. The molecule has 3 heterocycles. The molecule has 1 unspecified atom stereocenters. The average Bonchev–Trinajstić information content (AvgIpc) is 3.22. The summed E-state index contributed by atoms with van der Waals surface area (Å²) in [6.45, 7) is 4.45. The Balaban J connectivity index is 1.12. The number of alkyl halides is 2. The van der Waals surface area contributed by atoms with Gasteiger partial charge >= 0.3 is 0 Å². The van der Waals surface area contributed by atoms with Crippen LogP contribution in [0.15, 0.2) is 24.4 Å². The summed E-state index contributed by atoms with van der Waals surface area (Å²) < 4.78 is 49.3. The quantitative estimate of drug-likeness (QED) is 0.614. The molecular formula is C28H34F3N3O3. The molecule has 4 fully saturated rings. The molecule has 2 aliphatic carbocycles. The van der Waals surface area contributed by atoms with Crippen molar-refractivity contribution in [2.45, 2.75) is 101 Å². The first-order chi connectivity index (χ1) is 17.7. The van der Waals surface area contributed by atoms with Crippen molar-refractivity contribution in [1.29, 1.82) is 0 Å². The summed E-state index contributed by atoms with van der Waals surface area (Å²) in [6.07, 6.45) is 5.56. The zero-order valence-electron chi connectivity index (χ0n) is 21.0. The Morgan fingerprint density at radius 2 is 1.92 bits per heavy atom. The Bertz CT molecular complexity index is 1130. The van der Waals surface area contributed by atoms with Gasteiger partial charge in [0.25, 0.3) is 11.8 Å². The Labute approximate surface area is 215 Å². The van der Waals surface area contributed by atoms with Crippen LogP contribution in [0.2, 0.25) is 0 Å². The number of nitrogens with zero attached hydrogens (tertiary/aromatic N) is 1. The van der Waals surface area contributed by atoms with E-state index in [-0.39, 0.29) is 43.0 Å². The van der Waals surface area contributed by atoms with Crippen LogP contribution in [0.4, 0.5) is 13.2 Å². The van der Waals surface area contributed by atoms with Crippen molar-refractivity contribution in [3.05, 3.63) is 46.9 Å². The van der Waals surface area contributed by atoms with Crippen molar-refractivity contribution in [3.8, 4) is 0 Å². The summed E-state index contributed by atoms with van der Waals surface area (Å²) in [6, 6.07) is 2.89. The van der Waals surface area contributed by atoms with Crippen LogP contribution in [0.25, 0.3) is 0 Å². The molecule has 200 valence electrons. The first kappa shape index (κ1) is 24.9. The Hall–Kier alpha value is -2.39. The topological polar surface area (TPSA) is 70.7 Å². The molecule has 0 aromatic heterocycles. The molecule has 6 rings (SSSR count). The number of carbonyl (C=O) groups excluding carboxylic acids is 2. The highest BCUT2D eigenvalue weighted by atomic mass is 19.3. The van der Waals surface area contributed by atoms with Crippen LogP contribution in [-0.4, -0.2) is 53.5 Å². The van der Waals surface area contributed by atoms with E-state index in [2.05, 4.69) is 17.2 Å². The summed E-state index contributed by atoms with van der Waals surface area (Å²) in [5.74, 6) is -3.50. The minimum absolute atomic E-state index is 0.0253. The highest BCUT2D eigenvalue weighted by Crippen LogP contribution is 2.67. The highest BCUT2D eigenvalue weighted by Gasteiger charge is 2.70. The van der Waals surface area contributed by atoms with Crippen LogP contribution in [-0.2, 0) is 22.5 Å². The Kier molecular flexibility index (Phi) is 6.14. The van der Waals surface area contributed by atoms with Crippen LogP contribution < -0.4 is 10.6 Å². The number of benzene rings is 1. The van der Waals surface area contributed by atoms with Crippen molar-refractivity contribution in [2.24, 2.45) is 5.41 Å². The lowest BCUT2D eigenvalue weighted by atomic mass is 9.82. The third kappa shape index (κ3) is 4.38. The number of rotatable bonds is 5. The van der Waals surface area contributed by atoms with Crippen LogP contribution in [0.3, 0.4) is 0 Å². The lowest BCUT2D eigenvalue weighted by Gasteiger charge is -2.38. The van der Waals surface area contributed by atoms with Crippen LogP contribution in [0.5, 0.6) is 0 Å². The lowest BCUT2D eigenvalue weighted by Crippen LogP contribution is -2.50. The zero-order valence-corrected chi connectivity index (χ0v) is 21.0. The van der Waals surface area contributed by atoms with Gasteiger partial charge in [0.2, 0.25) is 5.91 Å². The summed E-state index contributed by atoms with van der Waals surface area (Å²) >= 11 is 0. The van der Waals surface area contributed by atoms with Crippen LogP contribution in [0, 0.1) is 11.2 Å². The van der Waals surface area contributed by atoms with Crippen molar-refractivity contribution < 1.29 is 27.5 Å². The molecule has 2 saturated heterocycles. The monoisotopic (exact) mass is 517 g/mol. The van der Waals surface area contributed by atoms with Gasteiger partial charge in [0, 0.05) is 53.8 Å². The molecule has 1 aromatic rings.